The molecule has 1 atom stereocenters. The number of benzene rings is 5. The van der Waals surface area contributed by atoms with Gasteiger partial charge < -0.3 is 10.2 Å². The normalized spacial score (nSPS) is 15.4. The van der Waals surface area contributed by atoms with E-state index in [1.165, 1.54) is 44.2 Å². The van der Waals surface area contributed by atoms with Crippen LogP contribution in [0.25, 0.3) is 21.5 Å². The average Bonchev–Trinajstić information content (AvgIpc) is 3.17. The zero-order valence-corrected chi connectivity index (χ0v) is 15.9. The van der Waals surface area contributed by atoms with Crippen LogP contribution >= 0.6 is 0 Å². The zero-order valence-electron chi connectivity index (χ0n) is 15.9. The molecule has 5 aromatic carbocycles. The molecule has 0 fully saturated rings. The molecule has 1 heterocycles. The van der Waals surface area contributed by atoms with E-state index in [2.05, 4.69) is 119 Å². The predicted octanol–water partition coefficient (Wildman–Crippen LogP) is 7.26. The van der Waals surface area contributed by atoms with E-state index >= 15 is 0 Å². The molecule has 0 saturated heterocycles. The second-order valence-electron chi connectivity index (χ2n) is 7.58. The standard InChI is InChI=1S/C27H20N2/c1-2-10-24(11-3-1)29-26-13-7-6-12-25(26)28-27(29)22-15-14-21-16-19-8-4-5-9-20(19)17-23(21)18-22/h1-18,27-28H. The Bertz CT molecular complexity index is 1340. The molecule has 0 bridgehead atoms. The van der Waals surface area contributed by atoms with Crippen molar-refractivity contribution in [1.29, 1.82) is 0 Å². The molecule has 5 aromatic rings. The summed E-state index contributed by atoms with van der Waals surface area (Å²) in [4.78, 5) is 2.39. The third-order valence-corrected chi connectivity index (χ3v) is 5.79. The topological polar surface area (TPSA) is 15.3 Å². The number of rotatable bonds is 2. The van der Waals surface area contributed by atoms with E-state index in [1.807, 2.05) is 0 Å². The number of nitrogens with zero attached hydrogens (tertiary/aromatic N) is 1. The lowest BCUT2D eigenvalue weighted by atomic mass is 10.0. The maximum Gasteiger partial charge on any atom is 0.130 e. The first-order chi connectivity index (χ1) is 14.4. The van der Waals surface area contributed by atoms with Gasteiger partial charge in [-0.3, -0.25) is 0 Å². The lowest BCUT2D eigenvalue weighted by Gasteiger charge is -2.27. The SMILES string of the molecule is c1ccc(N2c3ccccc3NC2c2ccc3cc4ccccc4cc3c2)cc1. The molecule has 6 rings (SSSR count). The quantitative estimate of drug-likeness (QED) is 0.328. The summed E-state index contributed by atoms with van der Waals surface area (Å²) in [5.41, 5.74) is 4.82. The van der Waals surface area contributed by atoms with Crippen molar-refractivity contribution < 1.29 is 0 Å². The number of hydrogen-bond acceptors (Lipinski definition) is 2. The monoisotopic (exact) mass is 372 g/mol. The molecule has 138 valence electrons. The predicted molar refractivity (Wildman–Crippen MR) is 123 cm³/mol. The van der Waals surface area contributed by atoms with Crippen LogP contribution in [0.2, 0.25) is 0 Å². The Kier molecular flexibility index (Phi) is 3.57. The number of hydrogen-bond donors (Lipinski definition) is 1. The molecule has 0 radical (unpaired) electrons. The highest BCUT2D eigenvalue weighted by Crippen LogP contribution is 2.46. The van der Waals surface area contributed by atoms with Gasteiger partial charge in [-0.25, -0.2) is 0 Å². The Morgan fingerprint density at radius 1 is 0.552 bits per heavy atom. The summed E-state index contributed by atoms with van der Waals surface area (Å²) in [5.74, 6) is 0. The Morgan fingerprint density at radius 3 is 2.03 bits per heavy atom. The molecule has 1 N–H and O–H groups in total. The summed E-state index contributed by atoms with van der Waals surface area (Å²) in [7, 11) is 0. The minimum Gasteiger partial charge on any atom is -0.359 e. The van der Waals surface area contributed by atoms with Crippen molar-refractivity contribution in [2.45, 2.75) is 6.17 Å². The average molecular weight is 372 g/mol. The Balaban J connectivity index is 1.51. The molecular weight excluding hydrogens is 352 g/mol. The second-order valence-corrected chi connectivity index (χ2v) is 7.58. The summed E-state index contributed by atoms with van der Waals surface area (Å²) in [5, 5.41) is 8.83. The largest absolute Gasteiger partial charge is 0.359 e. The van der Waals surface area contributed by atoms with Crippen LogP contribution in [0, 0.1) is 0 Å². The van der Waals surface area contributed by atoms with Gasteiger partial charge in [-0.15, -0.1) is 0 Å². The zero-order chi connectivity index (χ0) is 19.2. The van der Waals surface area contributed by atoms with Crippen LogP contribution in [0.3, 0.4) is 0 Å². The third kappa shape index (κ3) is 2.65. The van der Waals surface area contributed by atoms with Gasteiger partial charge in [0.25, 0.3) is 0 Å². The maximum absolute atomic E-state index is 3.73. The van der Waals surface area contributed by atoms with E-state index in [-0.39, 0.29) is 6.17 Å². The van der Waals surface area contributed by atoms with Crippen LogP contribution < -0.4 is 10.2 Å². The second kappa shape index (κ2) is 6.39. The van der Waals surface area contributed by atoms with Crippen molar-refractivity contribution in [3.05, 3.63) is 115 Å². The van der Waals surface area contributed by atoms with Crippen LogP contribution in [0.5, 0.6) is 0 Å². The van der Waals surface area contributed by atoms with E-state index in [9.17, 15) is 0 Å². The fourth-order valence-electron chi connectivity index (χ4n) is 4.39. The summed E-state index contributed by atoms with van der Waals surface area (Å²) in [6.07, 6.45) is 0.0608. The molecule has 0 aliphatic carbocycles. The summed E-state index contributed by atoms with van der Waals surface area (Å²) < 4.78 is 0. The van der Waals surface area contributed by atoms with Crippen molar-refractivity contribution in [1.82, 2.24) is 0 Å². The summed E-state index contributed by atoms with van der Waals surface area (Å²) in [6.45, 7) is 0. The van der Waals surface area contributed by atoms with Gasteiger partial charge in [0.2, 0.25) is 0 Å². The van der Waals surface area contributed by atoms with Crippen molar-refractivity contribution in [2.24, 2.45) is 0 Å². The van der Waals surface area contributed by atoms with Gasteiger partial charge in [0.15, 0.2) is 0 Å². The first kappa shape index (κ1) is 16.2. The lowest BCUT2D eigenvalue weighted by molar-refractivity contribution is 0.830. The number of fused-ring (bicyclic) bond motifs is 3. The van der Waals surface area contributed by atoms with E-state index in [0.29, 0.717) is 0 Å². The number of para-hydroxylation sites is 3. The molecule has 29 heavy (non-hydrogen) atoms. The summed E-state index contributed by atoms with van der Waals surface area (Å²) >= 11 is 0. The van der Waals surface area contributed by atoms with E-state index in [1.54, 1.807) is 0 Å². The molecule has 1 unspecified atom stereocenters. The van der Waals surface area contributed by atoms with Crippen LogP contribution in [0.15, 0.2) is 109 Å². The van der Waals surface area contributed by atoms with Crippen LogP contribution in [-0.4, -0.2) is 0 Å². The Labute approximate surface area is 170 Å². The molecular formula is C27H20N2. The fourth-order valence-corrected chi connectivity index (χ4v) is 4.39. The minimum absolute atomic E-state index is 0.0608. The fraction of sp³-hybridized carbons (Fsp3) is 0.0370. The van der Waals surface area contributed by atoms with E-state index < -0.39 is 0 Å². The third-order valence-electron chi connectivity index (χ3n) is 5.79. The first-order valence-corrected chi connectivity index (χ1v) is 9.99. The van der Waals surface area contributed by atoms with Gasteiger partial charge in [0, 0.05) is 5.69 Å². The molecule has 1 aliphatic rings. The van der Waals surface area contributed by atoms with Gasteiger partial charge in [-0.2, -0.15) is 0 Å². The Hall–Kier alpha value is -3.78. The smallest absolute Gasteiger partial charge is 0.130 e. The molecule has 0 saturated carbocycles. The first-order valence-electron chi connectivity index (χ1n) is 9.99. The van der Waals surface area contributed by atoms with Crippen molar-refractivity contribution in [2.75, 3.05) is 10.2 Å². The highest BCUT2D eigenvalue weighted by atomic mass is 15.3. The van der Waals surface area contributed by atoms with Gasteiger partial charge >= 0.3 is 0 Å². The molecule has 0 amide bonds. The van der Waals surface area contributed by atoms with Crippen LogP contribution in [0.1, 0.15) is 11.7 Å². The molecule has 0 aromatic heterocycles. The minimum atomic E-state index is 0.0608. The molecule has 0 spiro atoms. The number of anilines is 3. The van der Waals surface area contributed by atoms with Gasteiger partial charge in [-0.05, 0) is 69.6 Å². The maximum atomic E-state index is 3.73. The molecule has 2 heteroatoms. The van der Waals surface area contributed by atoms with Crippen LogP contribution in [0.4, 0.5) is 17.1 Å². The van der Waals surface area contributed by atoms with Gasteiger partial charge in [0.1, 0.15) is 6.17 Å². The molecule has 2 nitrogen and oxygen atoms in total. The highest BCUT2D eigenvalue weighted by molar-refractivity contribution is 5.98. The van der Waals surface area contributed by atoms with Crippen molar-refractivity contribution in [3.8, 4) is 0 Å². The molecule has 1 aliphatic heterocycles. The van der Waals surface area contributed by atoms with E-state index in [4.69, 9.17) is 0 Å². The van der Waals surface area contributed by atoms with Crippen molar-refractivity contribution in [3.63, 3.8) is 0 Å². The number of nitrogens with one attached hydrogen (secondary N) is 1. The lowest BCUT2D eigenvalue weighted by Crippen LogP contribution is -2.23. The van der Waals surface area contributed by atoms with Gasteiger partial charge in [0.05, 0.1) is 11.4 Å². The highest BCUT2D eigenvalue weighted by Gasteiger charge is 2.30. The Morgan fingerprint density at radius 2 is 1.21 bits per heavy atom. The van der Waals surface area contributed by atoms with Crippen molar-refractivity contribution >= 4 is 38.6 Å². The van der Waals surface area contributed by atoms with E-state index in [0.717, 1.165) is 0 Å². The summed E-state index contributed by atoms with van der Waals surface area (Å²) in [6, 6.07) is 39.1. The van der Waals surface area contributed by atoms with Crippen LogP contribution in [-0.2, 0) is 0 Å². The van der Waals surface area contributed by atoms with Gasteiger partial charge in [-0.1, -0.05) is 66.7 Å².